The summed E-state index contributed by atoms with van der Waals surface area (Å²) in [5.41, 5.74) is 2.45. The van der Waals surface area contributed by atoms with Crippen molar-refractivity contribution in [2.45, 2.75) is 33.2 Å². The van der Waals surface area contributed by atoms with E-state index >= 15 is 0 Å². The van der Waals surface area contributed by atoms with Crippen molar-refractivity contribution in [1.82, 2.24) is 9.55 Å². The third-order valence-electron chi connectivity index (χ3n) is 3.35. The maximum atomic E-state index is 12.6. The molecule has 0 aliphatic rings. The first-order chi connectivity index (χ1) is 9.08. The van der Waals surface area contributed by atoms with E-state index in [1.807, 2.05) is 36.1 Å². The second-order valence-electron chi connectivity index (χ2n) is 4.61. The third kappa shape index (κ3) is 2.56. The summed E-state index contributed by atoms with van der Waals surface area (Å²) in [6.45, 7) is 6.13. The fraction of sp³-hybridized carbons (Fsp3) is 0.429. The van der Waals surface area contributed by atoms with E-state index in [-0.39, 0.29) is 11.6 Å². The number of rotatable bonds is 4. The number of aryl methyl sites for hydroxylation is 1. The van der Waals surface area contributed by atoms with Crippen LogP contribution in [-0.2, 0) is 0 Å². The van der Waals surface area contributed by atoms with Crippen molar-refractivity contribution >= 4 is 16.5 Å². The standard InChI is InChI=1S/C14H19N3OS/c1-5-9(2)17-10(3)6-7-11(13(17)18)12-8-19-14(15-4)16-12/h6-9H,5H2,1-4H3,(H,15,16). The van der Waals surface area contributed by atoms with Crippen LogP contribution < -0.4 is 10.9 Å². The Morgan fingerprint density at radius 2 is 2.21 bits per heavy atom. The summed E-state index contributed by atoms with van der Waals surface area (Å²) in [5, 5.41) is 5.73. The first kappa shape index (κ1) is 13.8. The Morgan fingerprint density at radius 1 is 1.47 bits per heavy atom. The summed E-state index contributed by atoms with van der Waals surface area (Å²) in [7, 11) is 1.83. The van der Waals surface area contributed by atoms with E-state index < -0.39 is 0 Å². The monoisotopic (exact) mass is 277 g/mol. The van der Waals surface area contributed by atoms with Gasteiger partial charge in [0.2, 0.25) is 0 Å². The quantitative estimate of drug-likeness (QED) is 0.932. The zero-order chi connectivity index (χ0) is 14.0. The molecule has 2 aromatic heterocycles. The van der Waals surface area contributed by atoms with Crippen LogP contribution in [0.15, 0.2) is 22.3 Å². The Balaban J connectivity index is 2.56. The smallest absolute Gasteiger partial charge is 0.260 e. The molecule has 4 nitrogen and oxygen atoms in total. The highest BCUT2D eigenvalue weighted by atomic mass is 32.1. The average molecular weight is 277 g/mol. The van der Waals surface area contributed by atoms with Gasteiger partial charge in [-0.2, -0.15) is 0 Å². The minimum Gasteiger partial charge on any atom is -0.365 e. The number of nitrogens with zero attached hydrogens (tertiary/aromatic N) is 2. The third-order valence-corrected chi connectivity index (χ3v) is 4.21. The largest absolute Gasteiger partial charge is 0.365 e. The molecule has 0 spiro atoms. The number of hydrogen-bond donors (Lipinski definition) is 1. The van der Waals surface area contributed by atoms with Gasteiger partial charge in [-0.1, -0.05) is 6.92 Å². The molecule has 0 fully saturated rings. The van der Waals surface area contributed by atoms with Crippen molar-refractivity contribution in [2.24, 2.45) is 0 Å². The molecule has 2 heterocycles. The zero-order valence-corrected chi connectivity index (χ0v) is 12.5. The van der Waals surface area contributed by atoms with E-state index in [0.29, 0.717) is 5.56 Å². The lowest BCUT2D eigenvalue weighted by Gasteiger charge is -2.17. The number of nitrogens with one attached hydrogen (secondary N) is 1. The van der Waals surface area contributed by atoms with E-state index in [4.69, 9.17) is 0 Å². The highest BCUT2D eigenvalue weighted by molar-refractivity contribution is 7.14. The van der Waals surface area contributed by atoms with Gasteiger partial charge in [0.25, 0.3) is 5.56 Å². The molecule has 1 atom stereocenters. The fourth-order valence-corrected chi connectivity index (χ4v) is 2.75. The van der Waals surface area contributed by atoms with Gasteiger partial charge in [-0.05, 0) is 32.4 Å². The van der Waals surface area contributed by atoms with Crippen LogP contribution in [0, 0.1) is 6.92 Å². The van der Waals surface area contributed by atoms with Gasteiger partial charge in [-0.25, -0.2) is 4.98 Å². The number of anilines is 1. The van der Waals surface area contributed by atoms with Crippen molar-refractivity contribution in [3.63, 3.8) is 0 Å². The molecule has 0 amide bonds. The molecule has 2 aromatic rings. The molecule has 1 N–H and O–H groups in total. The Kier molecular flexibility index (Phi) is 4.04. The summed E-state index contributed by atoms with van der Waals surface area (Å²) in [5.74, 6) is 0. The van der Waals surface area contributed by atoms with Gasteiger partial charge >= 0.3 is 0 Å². The fourth-order valence-electron chi connectivity index (χ4n) is 2.08. The number of pyridine rings is 1. The molecule has 0 saturated heterocycles. The molecule has 1 unspecified atom stereocenters. The van der Waals surface area contributed by atoms with Crippen LogP contribution in [0.25, 0.3) is 11.3 Å². The van der Waals surface area contributed by atoms with Crippen LogP contribution in [0.4, 0.5) is 5.13 Å². The maximum absolute atomic E-state index is 12.6. The molecule has 19 heavy (non-hydrogen) atoms. The molecule has 0 aliphatic heterocycles. The SMILES string of the molecule is CCC(C)n1c(C)ccc(-c2csc(NC)n2)c1=O. The predicted octanol–water partition coefficient (Wildman–Crippen LogP) is 3.29. The molecule has 5 heteroatoms. The summed E-state index contributed by atoms with van der Waals surface area (Å²) in [6, 6.07) is 4.06. The lowest BCUT2D eigenvalue weighted by atomic mass is 10.1. The molecule has 2 rings (SSSR count). The molecule has 0 aromatic carbocycles. The van der Waals surface area contributed by atoms with Crippen molar-refractivity contribution < 1.29 is 0 Å². The van der Waals surface area contributed by atoms with Crippen LogP contribution in [-0.4, -0.2) is 16.6 Å². The Bertz CT molecular complexity index is 630. The van der Waals surface area contributed by atoms with Gasteiger partial charge in [0, 0.05) is 24.2 Å². The van der Waals surface area contributed by atoms with Gasteiger partial charge in [0.1, 0.15) is 0 Å². The lowest BCUT2D eigenvalue weighted by Crippen LogP contribution is -2.26. The zero-order valence-electron chi connectivity index (χ0n) is 11.7. The summed E-state index contributed by atoms with van der Waals surface area (Å²) in [6.07, 6.45) is 0.934. The number of aromatic nitrogens is 2. The van der Waals surface area contributed by atoms with Gasteiger partial charge in [-0.3, -0.25) is 4.79 Å². The summed E-state index contributed by atoms with van der Waals surface area (Å²) >= 11 is 1.51. The minimum atomic E-state index is 0.0438. The van der Waals surface area contributed by atoms with Crippen LogP contribution in [0.5, 0.6) is 0 Å². The molecular weight excluding hydrogens is 258 g/mol. The first-order valence-electron chi connectivity index (χ1n) is 6.44. The van der Waals surface area contributed by atoms with Crippen molar-refractivity contribution in [1.29, 1.82) is 0 Å². The highest BCUT2D eigenvalue weighted by Gasteiger charge is 2.14. The van der Waals surface area contributed by atoms with E-state index in [0.717, 1.165) is 22.9 Å². The molecule has 0 aliphatic carbocycles. The number of hydrogen-bond acceptors (Lipinski definition) is 4. The molecule has 0 bridgehead atoms. The van der Waals surface area contributed by atoms with Crippen molar-refractivity contribution in [3.8, 4) is 11.3 Å². The minimum absolute atomic E-state index is 0.0438. The van der Waals surface area contributed by atoms with E-state index in [2.05, 4.69) is 24.1 Å². The second-order valence-corrected chi connectivity index (χ2v) is 5.47. The Labute approximate surface area is 117 Å². The normalized spacial score (nSPS) is 12.4. The van der Waals surface area contributed by atoms with Crippen LogP contribution in [0.3, 0.4) is 0 Å². The van der Waals surface area contributed by atoms with E-state index in [1.165, 1.54) is 11.3 Å². The van der Waals surface area contributed by atoms with E-state index in [9.17, 15) is 4.79 Å². The molecule has 0 saturated carbocycles. The molecular formula is C14H19N3OS. The topological polar surface area (TPSA) is 46.9 Å². The Hall–Kier alpha value is -1.62. The maximum Gasteiger partial charge on any atom is 0.260 e. The van der Waals surface area contributed by atoms with Gasteiger partial charge in [0.15, 0.2) is 5.13 Å². The summed E-state index contributed by atoms with van der Waals surface area (Å²) in [4.78, 5) is 17.0. The van der Waals surface area contributed by atoms with Gasteiger partial charge in [-0.15, -0.1) is 11.3 Å². The first-order valence-corrected chi connectivity index (χ1v) is 7.32. The summed E-state index contributed by atoms with van der Waals surface area (Å²) < 4.78 is 1.85. The van der Waals surface area contributed by atoms with Crippen LogP contribution >= 0.6 is 11.3 Å². The second kappa shape index (κ2) is 5.57. The Morgan fingerprint density at radius 3 is 2.79 bits per heavy atom. The molecule has 0 radical (unpaired) electrons. The lowest BCUT2D eigenvalue weighted by molar-refractivity contribution is 0.503. The van der Waals surface area contributed by atoms with Crippen LogP contribution in [0.2, 0.25) is 0 Å². The predicted molar refractivity (Wildman–Crippen MR) is 81.1 cm³/mol. The average Bonchev–Trinajstić information content (AvgIpc) is 2.87. The van der Waals surface area contributed by atoms with Gasteiger partial charge in [0.05, 0.1) is 11.3 Å². The van der Waals surface area contributed by atoms with Gasteiger partial charge < -0.3 is 9.88 Å². The number of thiazole rings is 1. The van der Waals surface area contributed by atoms with Crippen LogP contribution in [0.1, 0.15) is 32.0 Å². The van der Waals surface area contributed by atoms with E-state index in [1.54, 1.807) is 0 Å². The van der Waals surface area contributed by atoms with Crippen molar-refractivity contribution in [2.75, 3.05) is 12.4 Å². The van der Waals surface area contributed by atoms with Crippen molar-refractivity contribution in [3.05, 3.63) is 33.6 Å². The molecule has 102 valence electrons. The highest BCUT2D eigenvalue weighted by Crippen LogP contribution is 2.23.